The summed E-state index contributed by atoms with van der Waals surface area (Å²) in [4.78, 5) is 32.1. The van der Waals surface area contributed by atoms with Gasteiger partial charge in [0.15, 0.2) is 11.9 Å². The lowest BCUT2D eigenvalue weighted by atomic mass is 10.2. The molecule has 24 heavy (non-hydrogen) atoms. The summed E-state index contributed by atoms with van der Waals surface area (Å²) in [5.41, 5.74) is 0.343. The molecule has 1 aromatic heterocycles. The monoisotopic (exact) mass is 340 g/mol. The first-order valence-electron chi connectivity index (χ1n) is 7.50. The van der Waals surface area contributed by atoms with Gasteiger partial charge in [-0.2, -0.15) is 0 Å². The van der Waals surface area contributed by atoms with Crippen LogP contribution in [0.25, 0.3) is 10.9 Å². The summed E-state index contributed by atoms with van der Waals surface area (Å²) < 4.78 is 5.37. The largest absolute Gasteiger partial charge is 0.454 e. The van der Waals surface area contributed by atoms with E-state index in [2.05, 4.69) is 9.97 Å². The summed E-state index contributed by atoms with van der Waals surface area (Å²) in [5.74, 6) is 0.190. The Morgan fingerprint density at radius 3 is 2.67 bits per heavy atom. The molecule has 1 atom stereocenters. The number of ether oxygens (including phenoxy) is 1. The highest BCUT2D eigenvalue weighted by molar-refractivity contribution is 8.00. The maximum Gasteiger partial charge on any atom is 0.316 e. The van der Waals surface area contributed by atoms with Gasteiger partial charge in [-0.3, -0.25) is 9.59 Å². The van der Waals surface area contributed by atoms with Crippen LogP contribution in [0.2, 0.25) is 0 Å². The molecule has 0 aliphatic rings. The third kappa shape index (κ3) is 3.83. The molecular weight excluding hydrogens is 324 g/mol. The molecule has 0 saturated heterocycles. The number of fused-ring (bicyclic) bond motifs is 1. The molecule has 122 valence electrons. The summed E-state index contributed by atoms with van der Waals surface area (Å²) in [7, 11) is 0. The van der Waals surface area contributed by atoms with E-state index in [4.69, 9.17) is 4.74 Å². The van der Waals surface area contributed by atoms with Crippen LogP contribution in [-0.4, -0.2) is 21.7 Å². The molecule has 0 aliphatic carbocycles. The second-order valence-electron chi connectivity index (χ2n) is 5.20. The average Bonchev–Trinajstić information content (AvgIpc) is 2.61. The highest BCUT2D eigenvalue weighted by Crippen LogP contribution is 2.19. The van der Waals surface area contributed by atoms with E-state index in [1.54, 1.807) is 25.1 Å². The van der Waals surface area contributed by atoms with Crippen molar-refractivity contribution in [2.75, 3.05) is 5.75 Å². The molecule has 0 unspecified atom stereocenters. The van der Waals surface area contributed by atoms with Crippen LogP contribution in [0.1, 0.15) is 18.9 Å². The first-order valence-corrected chi connectivity index (χ1v) is 8.48. The molecule has 0 saturated carbocycles. The molecule has 0 bridgehead atoms. The zero-order valence-corrected chi connectivity index (χ0v) is 13.9. The maximum absolute atomic E-state index is 12.1. The molecule has 1 N–H and O–H groups in total. The van der Waals surface area contributed by atoms with Crippen LogP contribution in [0.4, 0.5) is 0 Å². The van der Waals surface area contributed by atoms with Crippen molar-refractivity contribution in [3.8, 4) is 0 Å². The highest BCUT2D eigenvalue weighted by atomic mass is 32.2. The zero-order valence-electron chi connectivity index (χ0n) is 13.1. The van der Waals surface area contributed by atoms with E-state index >= 15 is 0 Å². The van der Waals surface area contributed by atoms with Crippen molar-refractivity contribution in [2.24, 2.45) is 0 Å². The Bertz CT molecular complexity index is 909. The average molecular weight is 340 g/mol. The van der Waals surface area contributed by atoms with Crippen LogP contribution in [0, 0.1) is 0 Å². The lowest BCUT2D eigenvalue weighted by Crippen LogP contribution is -2.18. The lowest BCUT2D eigenvalue weighted by molar-refractivity contribution is -0.145. The third-order valence-electron chi connectivity index (χ3n) is 3.42. The minimum Gasteiger partial charge on any atom is -0.454 e. The number of H-pyrrole nitrogens is 1. The van der Waals surface area contributed by atoms with E-state index in [-0.39, 0.29) is 17.3 Å². The van der Waals surface area contributed by atoms with Crippen LogP contribution in [0.3, 0.4) is 0 Å². The van der Waals surface area contributed by atoms with Crippen molar-refractivity contribution in [1.29, 1.82) is 0 Å². The van der Waals surface area contributed by atoms with Gasteiger partial charge in [0.1, 0.15) is 0 Å². The molecule has 6 heteroatoms. The fraction of sp³-hybridized carbons (Fsp3) is 0.167. The highest BCUT2D eigenvalue weighted by Gasteiger charge is 2.15. The van der Waals surface area contributed by atoms with E-state index in [0.29, 0.717) is 16.7 Å². The predicted octanol–water partition coefficient (Wildman–Crippen LogP) is 3.32. The summed E-state index contributed by atoms with van der Waals surface area (Å²) in [6.45, 7) is 1.69. The van der Waals surface area contributed by atoms with Crippen molar-refractivity contribution in [3.63, 3.8) is 0 Å². The molecular formula is C18H16N2O3S. The number of hydrogen-bond acceptors (Lipinski definition) is 5. The standard InChI is InChI=1S/C18H16N2O3S/c1-12(23-16(21)11-24-13-7-3-2-4-8-13)17-19-15-10-6-5-9-14(15)18(22)20-17/h2-10,12H,11H2,1H3,(H,19,20,22)/t12-/m1/s1. The minimum absolute atomic E-state index is 0.201. The molecule has 0 radical (unpaired) electrons. The molecule has 2 aromatic carbocycles. The van der Waals surface area contributed by atoms with E-state index < -0.39 is 6.10 Å². The lowest BCUT2D eigenvalue weighted by Gasteiger charge is -2.13. The number of nitrogens with one attached hydrogen (secondary N) is 1. The van der Waals surface area contributed by atoms with E-state index in [1.165, 1.54) is 11.8 Å². The van der Waals surface area contributed by atoms with Crippen molar-refractivity contribution < 1.29 is 9.53 Å². The van der Waals surface area contributed by atoms with Gasteiger partial charge in [-0.05, 0) is 31.2 Å². The number of esters is 1. The van der Waals surface area contributed by atoms with Gasteiger partial charge in [-0.1, -0.05) is 30.3 Å². The fourth-order valence-electron chi connectivity index (χ4n) is 2.24. The summed E-state index contributed by atoms with van der Waals surface area (Å²) in [6.07, 6.45) is -0.619. The summed E-state index contributed by atoms with van der Waals surface area (Å²) in [6, 6.07) is 16.7. The van der Waals surface area contributed by atoms with Crippen LogP contribution < -0.4 is 5.56 Å². The Morgan fingerprint density at radius 1 is 1.17 bits per heavy atom. The van der Waals surface area contributed by atoms with Gasteiger partial charge >= 0.3 is 5.97 Å². The zero-order chi connectivity index (χ0) is 16.9. The second-order valence-corrected chi connectivity index (χ2v) is 6.25. The van der Waals surface area contributed by atoms with Gasteiger partial charge < -0.3 is 9.72 Å². The Hall–Kier alpha value is -2.60. The third-order valence-corrected chi connectivity index (χ3v) is 4.41. The quantitative estimate of drug-likeness (QED) is 0.570. The molecule has 5 nitrogen and oxygen atoms in total. The molecule has 3 aromatic rings. The van der Waals surface area contributed by atoms with Crippen LogP contribution in [0.5, 0.6) is 0 Å². The topological polar surface area (TPSA) is 72.0 Å². The number of thioether (sulfide) groups is 1. The number of aromatic amines is 1. The number of carbonyl (C=O) groups is 1. The summed E-state index contributed by atoms with van der Waals surface area (Å²) in [5, 5.41) is 0.513. The number of nitrogens with zero attached hydrogens (tertiary/aromatic N) is 1. The Kier molecular flexibility index (Phi) is 4.96. The number of para-hydroxylation sites is 1. The van der Waals surface area contributed by atoms with Gasteiger partial charge in [0.05, 0.1) is 16.7 Å². The SMILES string of the molecule is C[C@@H](OC(=O)CSc1ccccc1)c1nc2ccccc2c(=O)[nH]1. The fourth-order valence-corrected chi connectivity index (χ4v) is 2.95. The first kappa shape index (κ1) is 16.3. The molecule has 1 heterocycles. The van der Waals surface area contributed by atoms with E-state index in [1.807, 2.05) is 36.4 Å². The summed E-state index contributed by atoms with van der Waals surface area (Å²) >= 11 is 1.40. The Morgan fingerprint density at radius 2 is 1.88 bits per heavy atom. The molecule has 0 fully saturated rings. The second kappa shape index (κ2) is 7.31. The van der Waals surface area contributed by atoms with Gasteiger partial charge in [-0.15, -0.1) is 11.8 Å². The van der Waals surface area contributed by atoms with Gasteiger partial charge in [0.25, 0.3) is 5.56 Å². The number of carbonyl (C=O) groups excluding carboxylic acids is 1. The molecule has 0 aliphatic heterocycles. The molecule has 0 amide bonds. The number of hydrogen-bond donors (Lipinski definition) is 1. The van der Waals surface area contributed by atoms with E-state index in [0.717, 1.165) is 4.90 Å². The van der Waals surface area contributed by atoms with Crippen molar-refractivity contribution in [2.45, 2.75) is 17.9 Å². The number of rotatable bonds is 5. The normalized spacial score (nSPS) is 12.0. The van der Waals surface area contributed by atoms with Crippen molar-refractivity contribution >= 4 is 28.6 Å². The maximum atomic E-state index is 12.1. The Labute approximate surface area is 143 Å². The van der Waals surface area contributed by atoms with E-state index in [9.17, 15) is 9.59 Å². The first-order chi connectivity index (χ1) is 11.6. The van der Waals surface area contributed by atoms with Crippen LogP contribution in [0.15, 0.2) is 64.3 Å². The van der Waals surface area contributed by atoms with Gasteiger partial charge in [0.2, 0.25) is 0 Å². The number of aromatic nitrogens is 2. The van der Waals surface area contributed by atoms with Crippen molar-refractivity contribution in [3.05, 3.63) is 70.8 Å². The minimum atomic E-state index is -0.619. The van der Waals surface area contributed by atoms with Crippen LogP contribution >= 0.6 is 11.8 Å². The molecule has 3 rings (SSSR count). The predicted molar refractivity (Wildman–Crippen MR) is 94.0 cm³/mol. The number of benzene rings is 2. The van der Waals surface area contributed by atoms with Crippen LogP contribution in [-0.2, 0) is 9.53 Å². The molecule has 0 spiro atoms. The van der Waals surface area contributed by atoms with Gasteiger partial charge in [-0.25, -0.2) is 4.98 Å². The Balaban J connectivity index is 1.67. The van der Waals surface area contributed by atoms with Gasteiger partial charge in [0, 0.05) is 4.90 Å². The smallest absolute Gasteiger partial charge is 0.316 e. The van der Waals surface area contributed by atoms with Crippen molar-refractivity contribution in [1.82, 2.24) is 9.97 Å².